The molecule has 0 fully saturated rings. The Morgan fingerprint density at radius 3 is 2.23 bits per heavy atom. The van der Waals surface area contributed by atoms with Gasteiger partial charge in [-0.25, -0.2) is 9.48 Å². The Labute approximate surface area is 210 Å². The summed E-state index contributed by atoms with van der Waals surface area (Å²) in [6, 6.07) is 15.3. The Bertz CT molecular complexity index is 1160. The average Bonchev–Trinajstić information content (AvgIpc) is 3.20. The highest BCUT2D eigenvalue weighted by molar-refractivity contribution is 8.01. The van der Waals surface area contributed by atoms with E-state index in [9.17, 15) is 14.7 Å². The van der Waals surface area contributed by atoms with Crippen LogP contribution in [0.4, 0.5) is 0 Å². The quantitative estimate of drug-likeness (QED) is 0.315. The van der Waals surface area contributed by atoms with Crippen LogP contribution < -0.4 is 0 Å². The number of carbonyl (C=O) groups is 2. The van der Waals surface area contributed by atoms with Crippen LogP contribution in [0.25, 0.3) is 0 Å². The second kappa shape index (κ2) is 10.6. The number of aliphatic carboxylic acids is 1. The Morgan fingerprint density at radius 2 is 1.66 bits per heavy atom. The SMILES string of the molecule is C[C@@H](Cc1cn(Cc2ccc(C(C)(C)C)cc2)nn1)OC(=O)c1ccc(SC(C)(C)C(=O)O)cc1. The smallest absolute Gasteiger partial charge is 0.338 e. The molecule has 3 aromatic rings. The van der Waals surface area contributed by atoms with Crippen molar-refractivity contribution in [3.05, 3.63) is 77.1 Å². The topological polar surface area (TPSA) is 94.3 Å². The normalized spacial score (nSPS) is 12.9. The highest BCUT2D eigenvalue weighted by Gasteiger charge is 2.28. The molecule has 0 spiro atoms. The third-order valence-corrected chi connectivity index (χ3v) is 6.73. The highest BCUT2D eigenvalue weighted by atomic mass is 32.2. The van der Waals surface area contributed by atoms with Crippen LogP contribution in [0.1, 0.15) is 68.7 Å². The van der Waals surface area contributed by atoms with Crippen molar-refractivity contribution in [3.8, 4) is 0 Å². The lowest BCUT2D eigenvalue weighted by molar-refractivity contribution is -0.138. The minimum Gasteiger partial charge on any atom is -0.480 e. The van der Waals surface area contributed by atoms with Crippen molar-refractivity contribution in [1.82, 2.24) is 15.0 Å². The van der Waals surface area contributed by atoms with Gasteiger partial charge in [0.15, 0.2) is 0 Å². The van der Waals surface area contributed by atoms with Crippen LogP contribution in [0.3, 0.4) is 0 Å². The van der Waals surface area contributed by atoms with E-state index in [4.69, 9.17) is 4.74 Å². The van der Waals surface area contributed by atoms with Crippen LogP contribution in [0.15, 0.2) is 59.6 Å². The summed E-state index contributed by atoms with van der Waals surface area (Å²) < 4.78 is 6.40. The number of benzene rings is 2. The van der Waals surface area contributed by atoms with Crippen molar-refractivity contribution >= 4 is 23.7 Å². The van der Waals surface area contributed by atoms with Crippen LogP contribution >= 0.6 is 11.8 Å². The number of carboxylic acid groups (broad SMARTS) is 1. The van der Waals surface area contributed by atoms with E-state index in [1.807, 2.05) is 13.1 Å². The predicted octanol–water partition coefficient (Wildman–Crippen LogP) is 5.37. The van der Waals surface area contributed by atoms with E-state index in [-0.39, 0.29) is 11.5 Å². The summed E-state index contributed by atoms with van der Waals surface area (Å²) in [6.45, 7) is 12.3. The van der Waals surface area contributed by atoms with Crippen LogP contribution in [0, 0.1) is 0 Å². The lowest BCUT2D eigenvalue weighted by atomic mass is 9.87. The summed E-state index contributed by atoms with van der Waals surface area (Å²) in [6.07, 6.45) is 1.95. The largest absolute Gasteiger partial charge is 0.480 e. The number of hydrogen-bond acceptors (Lipinski definition) is 6. The third kappa shape index (κ3) is 7.42. The second-order valence-electron chi connectivity index (χ2n) is 10.2. The Kier molecular flexibility index (Phi) is 8.05. The van der Waals surface area contributed by atoms with E-state index >= 15 is 0 Å². The summed E-state index contributed by atoms with van der Waals surface area (Å²) >= 11 is 1.23. The van der Waals surface area contributed by atoms with Gasteiger partial charge in [0.05, 0.1) is 17.8 Å². The molecular formula is C27H33N3O4S. The summed E-state index contributed by atoms with van der Waals surface area (Å²) in [7, 11) is 0. The molecule has 0 saturated heterocycles. The number of aromatic nitrogens is 3. The first-order chi connectivity index (χ1) is 16.3. The first-order valence-corrected chi connectivity index (χ1v) is 12.4. The zero-order valence-corrected chi connectivity index (χ0v) is 21.9. The number of hydrogen-bond donors (Lipinski definition) is 1. The number of ether oxygens (including phenoxy) is 1. The molecule has 0 aliphatic carbocycles. The lowest BCUT2D eigenvalue weighted by Crippen LogP contribution is -2.26. The zero-order chi connectivity index (χ0) is 25.8. The van der Waals surface area contributed by atoms with Crippen LogP contribution in [-0.4, -0.2) is 42.9 Å². The third-order valence-electron chi connectivity index (χ3n) is 5.53. The monoisotopic (exact) mass is 495 g/mol. The molecule has 0 unspecified atom stereocenters. The molecule has 0 aliphatic rings. The minimum atomic E-state index is -0.955. The molecule has 0 amide bonds. The maximum atomic E-state index is 12.5. The van der Waals surface area contributed by atoms with Crippen molar-refractivity contribution in [2.75, 3.05) is 0 Å². The van der Waals surface area contributed by atoms with Gasteiger partial charge in [-0.15, -0.1) is 16.9 Å². The minimum absolute atomic E-state index is 0.116. The Balaban J connectivity index is 1.53. The molecule has 35 heavy (non-hydrogen) atoms. The van der Waals surface area contributed by atoms with Gasteiger partial charge < -0.3 is 9.84 Å². The molecule has 1 atom stereocenters. The molecular weight excluding hydrogens is 462 g/mol. The standard InChI is InChI=1S/C27H33N3O4S/c1-18(34-24(31)20-9-13-23(14-10-20)35-27(5,6)25(32)33)15-22-17-30(29-28-22)16-19-7-11-21(12-8-19)26(2,3)4/h7-14,17-18H,15-16H2,1-6H3,(H,32,33)/t18-/m0/s1. The lowest BCUT2D eigenvalue weighted by Gasteiger charge is -2.19. The molecule has 1 aromatic heterocycles. The van der Waals surface area contributed by atoms with E-state index in [1.54, 1.807) is 42.8 Å². The van der Waals surface area contributed by atoms with Gasteiger partial charge in [-0.05, 0) is 61.6 Å². The fraction of sp³-hybridized carbons (Fsp3) is 0.407. The second-order valence-corrected chi connectivity index (χ2v) is 11.9. The molecule has 0 saturated carbocycles. The van der Waals surface area contributed by atoms with Crippen LogP contribution in [0.2, 0.25) is 0 Å². The van der Waals surface area contributed by atoms with Crippen molar-refractivity contribution in [1.29, 1.82) is 0 Å². The maximum absolute atomic E-state index is 12.5. The van der Waals surface area contributed by atoms with Gasteiger partial charge in [0.2, 0.25) is 0 Å². The number of carbonyl (C=O) groups excluding carboxylic acids is 1. The number of esters is 1. The summed E-state index contributed by atoms with van der Waals surface area (Å²) in [4.78, 5) is 24.6. The van der Waals surface area contributed by atoms with Crippen molar-refractivity contribution in [3.63, 3.8) is 0 Å². The molecule has 3 rings (SSSR count). The highest BCUT2D eigenvalue weighted by Crippen LogP contribution is 2.32. The van der Waals surface area contributed by atoms with Gasteiger partial charge in [0.25, 0.3) is 0 Å². The number of thioether (sulfide) groups is 1. The fourth-order valence-electron chi connectivity index (χ4n) is 3.39. The summed E-state index contributed by atoms with van der Waals surface area (Å²) in [5.74, 6) is -1.33. The first-order valence-electron chi connectivity index (χ1n) is 11.6. The van der Waals surface area contributed by atoms with E-state index in [0.29, 0.717) is 18.5 Å². The molecule has 186 valence electrons. The zero-order valence-electron chi connectivity index (χ0n) is 21.1. The van der Waals surface area contributed by atoms with Gasteiger partial charge in [0, 0.05) is 17.5 Å². The Hall–Kier alpha value is -3.13. The maximum Gasteiger partial charge on any atom is 0.338 e. The van der Waals surface area contributed by atoms with Crippen molar-refractivity contribution in [2.24, 2.45) is 0 Å². The number of rotatable bonds is 9. The van der Waals surface area contributed by atoms with Crippen LogP contribution in [-0.2, 0) is 27.9 Å². The molecule has 1 heterocycles. The molecule has 0 aliphatic heterocycles. The van der Waals surface area contributed by atoms with E-state index in [2.05, 4.69) is 55.3 Å². The fourth-order valence-corrected chi connectivity index (χ4v) is 4.34. The van der Waals surface area contributed by atoms with Crippen molar-refractivity contribution in [2.45, 2.75) is 75.7 Å². The average molecular weight is 496 g/mol. The molecule has 8 heteroatoms. The molecule has 0 bridgehead atoms. The summed E-state index contributed by atoms with van der Waals surface area (Å²) in [5, 5.41) is 17.7. The number of carboxylic acids is 1. The van der Waals surface area contributed by atoms with Gasteiger partial charge in [-0.3, -0.25) is 4.79 Å². The molecule has 7 nitrogen and oxygen atoms in total. The van der Waals surface area contributed by atoms with Gasteiger partial charge in [-0.1, -0.05) is 50.3 Å². The van der Waals surface area contributed by atoms with E-state index in [1.165, 1.54) is 17.3 Å². The molecule has 2 aromatic carbocycles. The number of nitrogens with zero attached hydrogens (tertiary/aromatic N) is 3. The van der Waals surface area contributed by atoms with Gasteiger partial charge in [-0.2, -0.15) is 0 Å². The van der Waals surface area contributed by atoms with Crippen molar-refractivity contribution < 1.29 is 19.4 Å². The molecule has 1 N–H and O–H groups in total. The van der Waals surface area contributed by atoms with Gasteiger partial charge in [0.1, 0.15) is 10.9 Å². The first kappa shape index (κ1) is 26.5. The summed E-state index contributed by atoms with van der Waals surface area (Å²) in [5.41, 5.74) is 3.71. The predicted molar refractivity (Wildman–Crippen MR) is 137 cm³/mol. The Morgan fingerprint density at radius 1 is 1.03 bits per heavy atom. The van der Waals surface area contributed by atoms with E-state index in [0.717, 1.165) is 16.2 Å². The van der Waals surface area contributed by atoms with E-state index < -0.39 is 16.7 Å². The van der Waals surface area contributed by atoms with Crippen LogP contribution in [0.5, 0.6) is 0 Å². The van der Waals surface area contributed by atoms with Gasteiger partial charge >= 0.3 is 11.9 Å². The molecule has 0 radical (unpaired) electrons.